The number of hydrogen-bond donors (Lipinski definition) is 0. The molecule has 0 saturated heterocycles. The molecule has 7 heteroatoms. The maximum atomic E-state index is 13.1. The van der Waals surface area contributed by atoms with Gasteiger partial charge in [-0.1, -0.05) is 166 Å². The Kier molecular flexibility index (Phi) is 18.7. The van der Waals surface area contributed by atoms with Crippen LogP contribution in [0.5, 0.6) is 0 Å². The average Bonchev–Trinajstić information content (AvgIpc) is 3.92. The number of ketones is 3. The summed E-state index contributed by atoms with van der Waals surface area (Å²) < 4.78 is 0. The molecule has 0 N–H and O–H groups in total. The van der Waals surface area contributed by atoms with Gasteiger partial charge in [-0.2, -0.15) is 0 Å². The predicted octanol–water partition coefficient (Wildman–Crippen LogP) is 14.2. The number of rotatable bonds is 9. The van der Waals surface area contributed by atoms with Gasteiger partial charge in [-0.3, -0.25) is 14.4 Å². The zero-order chi connectivity index (χ0) is 53.5. The van der Waals surface area contributed by atoms with Gasteiger partial charge in [-0.05, 0) is 180 Å². The van der Waals surface area contributed by atoms with Gasteiger partial charge in [0.15, 0.2) is 17.3 Å². The standard InChI is InChI=1S/3C21H36O2.Eu/c3*1-14-9-11-20(7,18(14,3)4)16(22)13-17(23)21(8)12-10-15(2)19(21,5)6;/h3*13-15,22H,9-12H2,1-8H3;/q;;;+3/p-3/b3*16-13-;/t3*14-,15-,20-,21-;/m000./s1. The SMILES string of the molecule is C[C@H]1CC[C@@](C)(C(=O)/C=C(\[O-])[C@]2(C)CC[C@H](C)C2(C)C)C1(C)C.C[C@H]1CC[C@@](C)(C(=O)/C=C(\[O-])[C@]2(C)CC[C@H](C)C2(C)C)C1(C)C.C[C@H]1CC[C@@](C)(C(=O)/C=C(\[O-])[C@]2(C)CC[C@H](C)C2(C)C)C1(C)C.[Eu+3]. The Hall–Kier alpha value is -0.786. The molecule has 6 aliphatic rings. The van der Waals surface area contributed by atoms with E-state index >= 15 is 0 Å². The third kappa shape index (κ3) is 9.82. The molecule has 6 aliphatic carbocycles. The molecule has 0 bridgehead atoms. The van der Waals surface area contributed by atoms with Gasteiger partial charge in [-0.15, -0.1) is 17.3 Å². The van der Waals surface area contributed by atoms with Crippen LogP contribution in [-0.2, 0) is 14.4 Å². The van der Waals surface area contributed by atoms with E-state index in [-0.39, 0.29) is 116 Å². The Morgan fingerprint density at radius 2 is 0.429 bits per heavy atom. The predicted molar refractivity (Wildman–Crippen MR) is 281 cm³/mol. The maximum Gasteiger partial charge on any atom is 3.00 e. The molecule has 0 aromatic carbocycles. The van der Waals surface area contributed by atoms with Crippen LogP contribution in [0.25, 0.3) is 0 Å². The molecule has 6 saturated carbocycles. The van der Waals surface area contributed by atoms with Crippen molar-refractivity contribution < 1.29 is 79.1 Å². The summed E-state index contributed by atoms with van der Waals surface area (Å²) in [5.74, 6) is 3.37. The summed E-state index contributed by atoms with van der Waals surface area (Å²) in [6, 6.07) is 0. The van der Waals surface area contributed by atoms with Crippen molar-refractivity contribution in [3.05, 3.63) is 35.5 Å². The van der Waals surface area contributed by atoms with Gasteiger partial charge in [0.1, 0.15) is 0 Å². The summed E-state index contributed by atoms with van der Waals surface area (Å²) >= 11 is 0. The molecule has 6 nitrogen and oxygen atoms in total. The Bertz CT molecular complexity index is 1820. The van der Waals surface area contributed by atoms with Crippen molar-refractivity contribution in [1.29, 1.82) is 0 Å². The molecule has 400 valence electrons. The summed E-state index contributed by atoms with van der Waals surface area (Å²) in [6.07, 6.45) is 16.1. The Morgan fingerprint density at radius 1 is 0.300 bits per heavy atom. The van der Waals surface area contributed by atoms with Crippen molar-refractivity contribution >= 4 is 17.3 Å². The van der Waals surface area contributed by atoms with Crippen LogP contribution in [0.3, 0.4) is 0 Å². The molecule has 0 amide bonds. The van der Waals surface area contributed by atoms with Crippen LogP contribution in [0, 0.1) is 150 Å². The van der Waals surface area contributed by atoms with Crippen LogP contribution in [0.1, 0.15) is 243 Å². The monoisotopic (exact) mass is 1110 g/mol. The molecule has 0 radical (unpaired) electrons. The first kappa shape index (κ1) is 63.5. The molecule has 70 heavy (non-hydrogen) atoms. The number of carbonyl (C=O) groups excluding carboxylic acids is 3. The molecule has 0 heterocycles. The number of hydrogen-bond acceptors (Lipinski definition) is 6. The van der Waals surface area contributed by atoms with Crippen LogP contribution >= 0.6 is 0 Å². The zero-order valence-electron chi connectivity index (χ0n) is 49.5. The van der Waals surface area contributed by atoms with Crippen LogP contribution in [-0.4, -0.2) is 17.3 Å². The maximum absolute atomic E-state index is 13.1. The van der Waals surface area contributed by atoms with E-state index in [1.165, 1.54) is 18.2 Å². The Labute approximate surface area is 471 Å². The topological polar surface area (TPSA) is 120 Å². The normalized spacial score (nSPS) is 42.3. The minimum absolute atomic E-state index is 0. The second-order valence-corrected chi connectivity index (χ2v) is 29.6. The molecule has 0 spiro atoms. The number of carbonyl (C=O) groups is 3. The van der Waals surface area contributed by atoms with Crippen molar-refractivity contribution in [1.82, 2.24) is 0 Å². The van der Waals surface area contributed by atoms with E-state index in [0.717, 1.165) is 77.0 Å². The van der Waals surface area contributed by atoms with E-state index in [1.54, 1.807) is 0 Å². The molecule has 6 fully saturated rings. The second-order valence-electron chi connectivity index (χ2n) is 29.6. The molecule has 0 aromatic rings. The molecular formula is C63H105EuO6. The van der Waals surface area contributed by atoms with Crippen molar-refractivity contribution in [3.63, 3.8) is 0 Å². The average molecular weight is 1110 g/mol. The van der Waals surface area contributed by atoms with Crippen molar-refractivity contribution in [3.8, 4) is 0 Å². The molecular weight excluding hydrogens is 1000 g/mol. The third-order valence-corrected chi connectivity index (χ3v) is 26.4. The van der Waals surface area contributed by atoms with Gasteiger partial charge >= 0.3 is 49.4 Å². The summed E-state index contributed by atoms with van der Waals surface area (Å²) in [5, 5.41) is 39.2. The van der Waals surface area contributed by atoms with E-state index in [1.807, 2.05) is 0 Å². The van der Waals surface area contributed by atoms with E-state index in [9.17, 15) is 29.7 Å². The minimum Gasteiger partial charge on any atom is -0.875 e. The molecule has 12 atom stereocenters. The van der Waals surface area contributed by atoms with E-state index in [0.29, 0.717) is 35.5 Å². The van der Waals surface area contributed by atoms with Gasteiger partial charge in [0.25, 0.3) is 0 Å². The fourth-order valence-electron chi connectivity index (χ4n) is 14.3. The van der Waals surface area contributed by atoms with Crippen molar-refractivity contribution in [2.24, 2.45) is 100 Å². The van der Waals surface area contributed by atoms with Gasteiger partial charge in [0, 0.05) is 16.2 Å². The summed E-state index contributed by atoms with van der Waals surface area (Å²) in [4.78, 5) is 39.2. The van der Waals surface area contributed by atoms with Crippen LogP contribution < -0.4 is 15.3 Å². The summed E-state index contributed by atoms with van der Waals surface area (Å²) in [7, 11) is 0. The molecule has 0 aromatic heterocycles. The quantitative estimate of drug-likeness (QED) is 0.167. The minimum atomic E-state index is -0.410. The van der Waals surface area contributed by atoms with Gasteiger partial charge in [-0.25, -0.2) is 0 Å². The fourth-order valence-corrected chi connectivity index (χ4v) is 14.3. The Morgan fingerprint density at radius 3 is 0.543 bits per heavy atom. The van der Waals surface area contributed by atoms with Crippen LogP contribution in [0.15, 0.2) is 35.5 Å². The zero-order valence-corrected chi connectivity index (χ0v) is 51.9. The van der Waals surface area contributed by atoms with E-state index in [2.05, 4.69) is 166 Å². The first-order chi connectivity index (χ1) is 30.9. The van der Waals surface area contributed by atoms with Crippen LogP contribution in [0.4, 0.5) is 0 Å². The third-order valence-electron chi connectivity index (χ3n) is 26.4. The van der Waals surface area contributed by atoms with E-state index < -0.39 is 32.5 Å². The second kappa shape index (κ2) is 20.6. The largest absolute Gasteiger partial charge is 3.00 e. The van der Waals surface area contributed by atoms with Gasteiger partial charge < -0.3 is 15.3 Å². The van der Waals surface area contributed by atoms with Crippen molar-refractivity contribution in [2.45, 2.75) is 243 Å². The fraction of sp³-hybridized carbons (Fsp3) is 0.857. The van der Waals surface area contributed by atoms with Crippen LogP contribution in [0.2, 0.25) is 0 Å². The van der Waals surface area contributed by atoms with Gasteiger partial charge in [0.2, 0.25) is 0 Å². The molecule has 6 rings (SSSR count). The van der Waals surface area contributed by atoms with Gasteiger partial charge in [0.05, 0.1) is 0 Å². The Balaban J connectivity index is 0.000000276. The molecule has 0 aliphatic heterocycles. The number of allylic oxidation sites excluding steroid dienone is 6. The summed E-state index contributed by atoms with van der Waals surface area (Å²) in [6.45, 7) is 51.9. The van der Waals surface area contributed by atoms with E-state index in [4.69, 9.17) is 0 Å². The smallest absolute Gasteiger partial charge is 0.875 e. The molecule has 0 unspecified atom stereocenters. The van der Waals surface area contributed by atoms with Crippen molar-refractivity contribution in [2.75, 3.05) is 0 Å². The summed E-state index contributed by atoms with van der Waals surface area (Å²) in [5.41, 5.74) is -2.79. The first-order valence-corrected chi connectivity index (χ1v) is 27.7. The first-order valence-electron chi connectivity index (χ1n) is 27.7.